The predicted octanol–water partition coefficient (Wildman–Crippen LogP) is 2.91. The number of carbonyl (C=O) groups excluding carboxylic acids is 1. The molecule has 2 rings (SSSR count). The first kappa shape index (κ1) is 19.7. The number of aryl methyl sites for hydroxylation is 1. The number of hydrogen-bond donors (Lipinski definition) is 1. The van der Waals surface area contributed by atoms with Crippen molar-refractivity contribution in [2.45, 2.75) is 11.8 Å². The third-order valence-electron chi connectivity index (χ3n) is 3.74. The normalized spacial score (nSPS) is 11.7. The van der Waals surface area contributed by atoms with E-state index in [-0.39, 0.29) is 10.8 Å². The van der Waals surface area contributed by atoms with Crippen LogP contribution < -0.4 is 10.1 Å². The largest absolute Gasteiger partial charge is 0.497 e. The lowest BCUT2D eigenvalue weighted by Crippen LogP contribution is -2.23. The van der Waals surface area contributed by atoms with E-state index in [0.717, 1.165) is 9.87 Å². The molecule has 0 bridgehead atoms. The molecule has 0 radical (unpaired) electrons. The van der Waals surface area contributed by atoms with Gasteiger partial charge in [0.25, 0.3) is 0 Å². The Labute approximate surface area is 154 Å². The van der Waals surface area contributed by atoms with Gasteiger partial charge in [0.1, 0.15) is 5.75 Å². The molecular formula is C19H22N2O4S. The SMILES string of the molecule is COc1cccc(/C=C/C(=O)Nc2ccc(C)c(S(=O)(=O)N(C)C)c2)c1. The molecule has 26 heavy (non-hydrogen) atoms. The topological polar surface area (TPSA) is 75.7 Å². The number of hydrogen-bond acceptors (Lipinski definition) is 4. The highest BCUT2D eigenvalue weighted by Gasteiger charge is 2.20. The molecule has 0 heterocycles. The van der Waals surface area contributed by atoms with Gasteiger partial charge in [-0.05, 0) is 48.4 Å². The molecule has 0 unspecified atom stereocenters. The first-order chi connectivity index (χ1) is 12.2. The van der Waals surface area contributed by atoms with Crippen molar-refractivity contribution in [3.05, 3.63) is 59.7 Å². The van der Waals surface area contributed by atoms with Gasteiger partial charge in [0.15, 0.2) is 0 Å². The maximum atomic E-state index is 12.3. The fraction of sp³-hybridized carbons (Fsp3) is 0.211. The van der Waals surface area contributed by atoms with Crippen LogP contribution in [0.1, 0.15) is 11.1 Å². The highest BCUT2D eigenvalue weighted by molar-refractivity contribution is 7.89. The van der Waals surface area contributed by atoms with Crippen LogP contribution in [0.25, 0.3) is 6.08 Å². The Hall–Kier alpha value is -2.64. The van der Waals surface area contributed by atoms with Crippen molar-refractivity contribution in [1.29, 1.82) is 0 Å². The number of anilines is 1. The maximum Gasteiger partial charge on any atom is 0.248 e. The second-order valence-corrected chi connectivity index (χ2v) is 7.99. The molecule has 0 aliphatic carbocycles. The highest BCUT2D eigenvalue weighted by Crippen LogP contribution is 2.22. The van der Waals surface area contributed by atoms with Crippen LogP contribution in [-0.2, 0) is 14.8 Å². The van der Waals surface area contributed by atoms with Gasteiger partial charge in [-0.25, -0.2) is 12.7 Å². The van der Waals surface area contributed by atoms with E-state index in [9.17, 15) is 13.2 Å². The molecule has 0 saturated carbocycles. The lowest BCUT2D eigenvalue weighted by atomic mass is 10.2. The molecule has 0 aromatic heterocycles. The van der Waals surface area contributed by atoms with Gasteiger partial charge in [-0.3, -0.25) is 4.79 Å². The third kappa shape index (κ3) is 4.71. The molecular weight excluding hydrogens is 352 g/mol. The minimum Gasteiger partial charge on any atom is -0.497 e. The number of ether oxygens (including phenoxy) is 1. The number of nitrogens with one attached hydrogen (secondary N) is 1. The van der Waals surface area contributed by atoms with Crippen molar-refractivity contribution in [2.75, 3.05) is 26.5 Å². The quantitative estimate of drug-likeness (QED) is 0.789. The predicted molar refractivity (Wildman–Crippen MR) is 103 cm³/mol. The van der Waals surface area contributed by atoms with E-state index in [2.05, 4.69) is 5.32 Å². The van der Waals surface area contributed by atoms with Crippen LogP contribution in [0.3, 0.4) is 0 Å². The molecule has 0 spiro atoms. The van der Waals surface area contributed by atoms with E-state index in [4.69, 9.17) is 4.74 Å². The molecule has 6 nitrogen and oxygen atoms in total. The Balaban J connectivity index is 2.18. The van der Waals surface area contributed by atoms with Crippen LogP contribution in [0.4, 0.5) is 5.69 Å². The summed E-state index contributed by atoms with van der Waals surface area (Å²) in [4.78, 5) is 12.3. The van der Waals surface area contributed by atoms with E-state index in [1.54, 1.807) is 38.3 Å². The second kappa shape index (κ2) is 8.16. The maximum absolute atomic E-state index is 12.3. The Morgan fingerprint density at radius 3 is 2.54 bits per heavy atom. The Bertz CT molecular complexity index is 934. The lowest BCUT2D eigenvalue weighted by molar-refractivity contribution is -0.111. The lowest BCUT2D eigenvalue weighted by Gasteiger charge is -2.14. The summed E-state index contributed by atoms with van der Waals surface area (Å²) in [6, 6.07) is 12.1. The first-order valence-corrected chi connectivity index (χ1v) is 9.34. The van der Waals surface area contributed by atoms with Gasteiger partial charge in [0, 0.05) is 25.9 Å². The highest BCUT2D eigenvalue weighted by atomic mass is 32.2. The summed E-state index contributed by atoms with van der Waals surface area (Å²) in [5, 5.41) is 2.68. The van der Waals surface area contributed by atoms with Crippen LogP contribution in [0, 0.1) is 6.92 Å². The summed E-state index contributed by atoms with van der Waals surface area (Å²) < 4.78 is 31.0. The van der Waals surface area contributed by atoms with Crippen LogP contribution in [0.15, 0.2) is 53.4 Å². The zero-order valence-corrected chi connectivity index (χ0v) is 16.0. The molecule has 0 saturated heterocycles. The number of sulfonamides is 1. The number of amides is 1. The zero-order valence-electron chi connectivity index (χ0n) is 15.2. The van der Waals surface area contributed by atoms with Crippen molar-refractivity contribution >= 4 is 27.7 Å². The zero-order chi connectivity index (χ0) is 19.3. The van der Waals surface area contributed by atoms with Crippen LogP contribution in [-0.4, -0.2) is 39.8 Å². The van der Waals surface area contributed by atoms with Crippen molar-refractivity contribution in [3.63, 3.8) is 0 Å². The number of methoxy groups -OCH3 is 1. The summed E-state index contributed by atoms with van der Waals surface area (Å²) >= 11 is 0. The first-order valence-electron chi connectivity index (χ1n) is 7.90. The number of rotatable bonds is 6. The van der Waals surface area contributed by atoms with Crippen molar-refractivity contribution < 1.29 is 17.9 Å². The van der Waals surface area contributed by atoms with Gasteiger partial charge in [-0.15, -0.1) is 0 Å². The Kier molecular flexibility index (Phi) is 6.18. The smallest absolute Gasteiger partial charge is 0.248 e. The minimum absolute atomic E-state index is 0.164. The van der Waals surface area contributed by atoms with Gasteiger partial charge < -0.3 is 10.1 Å². The fourth-order valence-corrected chi connectivity index (χ4v) is 3.40. The molecule has 7 heteroatoms. The molecule has 0 aliphatic rings. The summed E-state index contributed by atoms with van der Waals surface area (Å²) in [6.45, 7) is 1.71. The van der Waals surface area contributed by atoms with Crippen LogP contribution in [0.5, 0.6) is 5.75 Å². The van der Waals surface area contributed by atoms with Crippen molar-refractivity contribution in [1.82, 2.24) is 4.31 Å². The fourth-order valence-electron chi connectivity index (χ4n) is 2.25. The summed E-state index contributed by atoms with van der Waals surface area (Å²) in [5.41, 5.74) is 1.85. The molecule has 0 fully saturated rings. The van der Waals surface area contributed by atoms with Crippen LogP contribution in [0.2, 0.25) is 0 Å². The second-order valence-electron chi connectivity index (χ2n) is 5.87. The molecule has 1 N–H and O–H groups in total. The van der Waals surface area contributed by atoms with Gasteiger partial charge >= 0.3 is 0 Å². The standard InChI is InChI=1S/C19H22N2O4S/c1-14-8-10-16(13-18(14)26(23,24)21(2)3)20-19(22)11-9-15-6-5-7-17(12-15)25-4/h5-13H,1-4H3,(H,20,22)/b11-9+. The van der Waals surface area contributed by atoms with E-state index in [1.807, 2.05) is 18.2 Å². The average Bonchev–Trinajstić information content (AvgIpc) is 2.61. The van der Waals surface area contributed by atoms with Crippen LogP contribution >= 0.6 is 0 Å². The van der Waals surface area contributed by atoms with Gasteiger partial charge in [0.2, 0.25) is 15.9 Å². The minimum atomic E-state index is -3.58. The van der Waals surface area contributed by atoms with E-state index < -0.39 is 10.0 Å². The van der Waals surface area contributed by atoms with E-state index in [0.29, 0.717) is 17.0 Å². The Morgan fingerprint density at radius 2 is 1.88 bits per heavy atom. The van der Waals surface area contributed by atoms with Crippen molar-refractivity contribution in [3.8, 4) is 5.75 Å². The van der Waals surface area contributed by atoms with E-state index in [1.165, 1.54) is 26.2 Å². The van der Waals surface area contributed by atoms with Crippen molar-refractivity contribution in [2.24, 2.45) is 0 Å². The molecule has 0 aliphatic heterocycles. The monoisotopic (exact) mass is 374 g/mol. The van der Waals surface area contributed by atoms with Gasteiger partial charge in [0.05, 0.1) is 12.0 Å². The average molecular weight is 374 g/mol. The summed E-state index contributed by atoms with van der Waals surface area (Å²) in [5.74, 6) is 0.342. The van der Waals surface area contributed by atoms with E-state index >= 15 is 0 Å². The third-order valence-corrected chi connectivity index (χ3v) is 5.69. The molecule has 1 amide bonds. The molecule has 0 atom stereocenters. The number of nitrogens with zero attached hydrogens (tertiary/aromatic N) is 1. The summed E-state index contributed by atoms with van der Waals surface area (Å²) in [6.07, 6.45) is 3.04. The Morgan fingerprint density at radius 1 is 1.15 bits per heavy atom. The van der Waals surface area contributed by atoms with Gasteiger partial charge in [-0.1, -0.05) is 18.2 Å². The molecule has 138 valence electrons. The summed E-state index contributed by atoms with van der Waals surface area (Å²) in [7, 11) is 0.935. The number of carbonyl (C=O) groups is 1. The number of benzene rings is 2. The van der Waals surface area contributed by atoms with Gasteiger partial charge in [-0.2, -0.15) is 0 Å². The molecule has 2 aromatic rings. The molecule has 2 aromatic carbocycles.